The fourth-order valence-corrected chi connectivity index (χ4v) is 14.6. The second-order valence-electron chi connectivity index (χ2n) is 9.44. The average molecular weight is 751 g/mol. The summed E-state index contributed by atoms with van der Waals surface area (Å²) in [6.45, 7) is 0. The lowest BCUT2D eigenvalue weighted by Crippen LogP contribution is -1.88. The van der Waals surface area contributed by atoms with Crippen molar-refractivity contribution in [3.63, 3.8) is 0 Å². The minimum Gasteiger partial charge on any atom is -0.269 e. The van der Waals surface area contributed by atoms with Crippen molar-refractivity contribution >= 4 is 118 Å². The molecule has 0 aliphatic heterocycles. The molecular formula is C32H16O2P2S8. The van der Waals surface area contributed by atoms with Gasteiger partial charge in [-0.15, -0.1) is 90.7 Å². The summed E-state index contributed by atoms with van der Waals surface area (Å²) in [5.74, 6) is 0. The first-order valence-corrected chi connectivity index (χ1v) is 21.4. The lowest BCUT2D eigenvalue weighted by atomic mass is 10.3. The first-order valence-electron chi connectivity index (χ1n) is 13.1. The van der Waals surface area contributed by atoms with Crippen LogP contribution in [-0.2, 0) is 9.13 Å². The lowest BCUT2D eigenvalue weighted by molar-refractivity contribution is 0.602. The molecule has 0 aliphatic carbocycles. The highest BCUT2D eigenvalue weighted by atomic mass is 32.1. The Morgan fingerprint density at radius 2 is 0.705 bits per heavy atom. The number of hydrogen-bond donors (Lipinski definition) is 0. The van der Waals surface area contributed by atoms with Gasteiger partial charge in [-0.05, 0) is 83.6 Å². The maximum atomic E-state index is 12.3. The molecule has 0 atom stereocenters. The molecule has 0 radical (unpaired) electrons. The van der Waals surface area contributed by atoms with Gasteiger partial charge in [0, 0.05) is 58.5 Å². The molecule has 0 N–H and O–H groups in total. The third kappa shape index (κ3) is 5.56. The van der Waals surface area contributed by atoms with Gasteiger partial charge in [-0.2, -0.15) is 0 Å². The van der Waals surface area contributed by atoms with E-state index in [4.69, 9.17) is 0 Å². The van der Waals surface area contributed by atoms with Gasteiger partial charge in [-0.3, -0.25) is 9.13 Å². The van der Waals surface area contributed by atoms with Crippen LogP contribution in [0.3, 0.4) is 0 Å². The number of thiophene rings is 8. The van der Waals surface area contributed by atoms with E-state index >= 15 is 0 Å². The Kier molecular flexibility index (Phi) is 8.32. The third-order valence-electron chi connectivity index (χ3n) is 6.75. The average Bonchev–Trinajstić information content (AvgIpc) is 3.91. The monoisotopic (exact) mass is 750 g/mol. The molecule has 12 heteroatoms. The van der Waals surface area contributed by atoms with Crippen LogP contribution in [0.25, 0.3) is 68.3 Å². The van der Waals surface area contributed by atoms with Crippen LogP contribution >= 0.6 is 108 Å². The molecule has 214 valence electrons. The van der Waals surface area contributed by atoms with Crippen LogP contribution in [-0.4, -0.2) is 0 Å². The zero-order valence-electron chi connectivity index (χ0n) is 22.2. The van der Waals surface area contributed by atoms with E-state index < -0.39 is 0 Å². The predicted octanol–water partition coefficient (Wildman–Crippen LogP) is 13.7. The Balaban J connectivity index is 1.08. The second kappa shape index (κ2) is 12.5. The fourth-order valence-electron chi connectivity index (χ4n) is 4.72. The molecule has 0 fully saturated rings. The van der Waals surface area contributed by atoms with E-state index in [0.717, 1.165) is 39.9 Å². The molecule has 8 rings (SSSR count). The zero-order chi connectivity index (χ0) is 29.6. The number of hydrogen-bond acceptors (Lipinski definition) is 10. The van der Waals surface area contributed by atoms with E-state index in [-0.39, 0.29) is 16.9 Å². The molecule has 0 spiro atoms. The summed E-state index contributed by atoms with van der Waals surface area (Å²) in [7, 11) is 0.00319. The molecule has 0 aliphatic rings. The fraction of sp³-hybridized carbons (Fsp3) is 0. The van der Waals surface area contributed by atoms with Crippen molar-refractivity contribution in [2.45, 2.75) is 0 Å². The Hall–Kier alpha value is -2.20. The molecule has 44 heavy (non-hydrogen) atoms. The SMILES string of the molecule is O=Pc1cc(-c2cc(P=O)c(-c3ccc(-c4ccc(-c5cccs5)s4)s3)s2)sc1-c1ccc(-c2ccc(-c3cccs3)s2)s1. The minimum absolute atomic E-state index is 0.00159. The van der Waals surface area contributed by atoms with Gasteiger partial charge in [0.2, 0.25) is 0 Å². The smallest absolute Gasteiger partial charge is 0.193 e. The van der Waals surface area contributed by atoms with Crippen LogP contribution in [0.5, 0.6) is 0 Å². The van der Waals surface area contributed by atoms with E-state index in [2.05, 4.69) is 83.6 Å². The standard InChI is InChI=1S/C32H16O2P2S8/c33-35-17-15-29(43-31(17)27-11-9-25(41-27)23-7-5-21(39-23)19-3-1-13-37-19)30-16-18(36-34)32(44-30)28-12-10-26(42-28)24-8-6-22(40-24)20-4-2-14-38-20/h1-16H. The summed E-state index contributed by atoms with van der Waals surface area (Å²) >= 11 is 13.9. The van der Waals surface area contributed by atoms with Gasteiger partial charge in [0.1, 0.15) is 0 Å². The normalized spacial score (nSPS) is 11.7. The molecule has 2 nitrogen and oxygen atoms in total. The Morgan fingerprint density at radius 1 is 0.364 bits per heavy atom. The first-order chi connectivity index (χ1) is 21.7. The molecule has 8 aromatic heterocycles. The maximum absolute atomic E-state index is 12.3. The third-order valence-corrected chi connectivity index (χ3v) is 17.8. The van der Waals surface area contributed by atoms with Crippen LogP contribution in [0.4, 0.5) is 0 Å². The molecule has 0 saturated carbocycles. The highest BCUT2D eigenvalue weighted by Crippen LogP contribution is 2.47. The predicted molar refractivity (Wildman–Crippen MR) is 202 cm³/mol. The molecule has 0 bridgehead atoms. The van der Waals surface area contributed by atoms with Crippen molar-refractivity contribution in [1.82, 2.24) is 0 Å². The second-order valence-corrected chi connectivity index (χ2v) is 19.1. The summed E-state index contributed by atoms with van der Waals surface area (Å²) < 4.78 is 24.6. The largest absolute Gasteiger partial charge is 0.269 e. The molecule has 8 aromatic rings. The van der Waals surface area contributed by atoms with Gasteiger partial charge in [-0.1, -0.05) is 12.1 Å². The van der Waals surface area contributed by atoms with Crippen molar-refractivity contribution in [2.75, 3.05) is 0 Å². The van der Waals surface area contributed by atoms with Crippen LogP contribution < -0.4 is 10.6 Å². The van der Waals surface area contributed by atoms with Crippen LogP contribution in [0.2, 0.25) is 0 Å². The summed E-state index contributed by atoms with van der Waals surface area (Å²) in [5.41, 5.74) is 0. The van der Waals surface area contributed by atoms with Crippen LogP contribution in [0, 0.1) is 0 Å². The van der Waals surface area contributed by atoms with Crippen LogP contribution in [0.15, 0.2) is 95.7 Å². The van der Waals surface area contributed by atoms with E-state index in [1.165, 1.54) is 39.0 Å². The van der Waals surface area contributed by atoms with E-state index in [1.807, 2.05) is 12.1 Å². The first kappa shape index (κ1) is 29.2. The number of rotatable bonds is 9. The van der Waals surface area contributed by atoms with Gasteiger partial charge in [0.25, 0.3) is 0 Å². The van der Waals surface area contributed by atoms with Crippen molar-refractivity contribution in [1.29, 1.82) is 0 Å². The Bertz CT molecular complexity index is 2080. The van der Waals surface area contributed by atoms with Crippen molar-refractivity contribution in [3.8, 4) is 68.3 Å². The molecular weight excluding hydrogens is 735 g/mol. The van der Waals surface area contributed by atoms with Gasteiger partial charge in [0.05, 0.1) is 20.4 Å². The van der Waals surface area contributed by atoms with Gasteiger partial charge in [-0.25, -0.2) is 0 Å². The van der Waals surface area contributed by atoms with Gasteiger partial charge in [0.15, 0.2) is 16.9 Å². The highest BCUT2D eigenvalue weighted by Gasteiger charge is 2.20. The van der Waals surface area contributed by atoms with E-state index in [9.17, 15) is 9.13 Å². The summed E-state index contributed by atoms with van der Waals surface area (Å²) in [6, 6.07) is 29.9. The maximum Gasteiger partial charge on any atom is 0.193 e. The summed E-state index contributed by atoms with van der Waals surface area (Å²) in [5, 5.41) is 5.79. The lowest BCUT2D eigenvalue weighted by Gasteiger charge is -1.94. The Morgan fingerprint density at radius 3 is 1.05 bits per heavy atom. The molecule has 0 unspecified atom stereocenters. The quantitative estimate of drug-likeness (QED) is 0.138. The molecule has 0 aromatic carbocycles. The minimum atomic E-state index is 0.00159. The van der Waals surface area contributed by atoms with E-state index in [1.54, 1.807) is 90.7 Å². The van der Waals surface area contributed by atoms with Gasteiger partial charge >= 0.3 is 0 Å². The topological polar surface area (TPSA) is 34.1 Å². The van der Waals surface area contributed by atoms with E-state index in [0.29, 0.717) is 0 Å². The van der Waals surface area contributed by atoms with Crippen LogP contribution in [0.1, 0.15) is 0 Å². The Labute approximate surface area is 288 Å². The molecule has 8 heterocycles. The van der Waals surface area contributed by atoms with Crippen molar-refractivity contribution < 1.29 is 9.13 Å². The summed E-state index contributed by atoms with van der Waals surface area (Å²) in [4.78, 5) is 16.4. The van der Waals surface area contributed by atoms with Crippen molar-refractivity contribution in [2.24, 2.45) is 0 Å². The van der Waals surface area contributed by atoms with Crippen molar-refractivity contribution in [3.05, 3.63) is 95.7 Å². The molecule has 0 saturated heterocycles. The van der Waals surface area contributed by atoms with Gasteiger partial charge < -0.3 is 0 Å². The highest BCUT2D eigenvalue weighted by molar-refractivity contribution is 7.40. The zero-order valence-corrected chi connectivity index (χ0v) is 30.5. The summed E-state index contributed by atoms with van der Waals surface area (Å²) in [6.07, 6.45) is 0. The molecule has 0 amide bonds.